The van der Waals surface area contributed by atoms with Gasteiger partial charge in [-0.1, -0.05) is 19.8 Å². The van der Waals surface area contributed by atoms with Gasteiger partial charge in [0.2, 0.25) is 0 Å². The van der Waals surface area contributed by atoms with Crippen LogP contribution in [0.2, 0.25) is 0 Å². The normalized spacial score (nSPS) is 18.1. The van der Waals surface area contributed by atoms with E-state index in [9.17, 15) is 0 Å². The van der Waals surface area contributed by atoms with Crippen molar-refractivity contribution in [2.45, 2.75) is 71.5 Å². The summed E-state index contributed by atoms with van der Waals surface area (Å²) in [7, 11) is 0. The maximum absolute atomic E-state index is 6.17. The number of rotatable bonds is 7. The van der Waals surface area contributed by atoms with Gasteiger partial charge in [-0.3, -0.25) is 9.58 Å². The molecule has 1 heterocycles. The van der Waals surface area contributed by atoms with Gasteiger partial charge >= 0.3 is 0 Å². The standard InChI is InChI=1S/C16H30N4/c1-4-10-19(16(13-17)8-6-7-9-16)12-15-11-14(3)18-20(15)5-2/h11H,4-10,12-13,17H2,1-3H3. The van der Waals surface area contributed by atoms with E-state index in [1.54, 1.807) is 0 Å². The largest absolute Gasteiger partial charge is 0.329 e. The molecule has 4 heteroatoms. The summed E-state index contributed by atoms with van der Waals surface area (Å²) in [5, 5.41) is 4.58. The van der Waals surface area contributed by atoms with E-state index in [2.05, 4.69) is 41.5 Å². The lowest BCUT2D eigenvalue weighted by Crippen LogP contribution is -2.52. The second kappa shape index (κ2) is 6.72. The minimum absolute atomic E-state index is 0.229. The summed E-state index contributed by atoms with van der Waals surface area (Å²) in [6, 6.07) is 2.23. The molecule has 1 aliphatic rings. The highest BCUT2D eigenvalue weighted by molar-refractivity contribution is 5.10. The monoisotopic (exact) mass is 278 g/mol. The van der Waals surface area contributed by atoms with Crippen molar-refractivity contribution < 1.29 is 0 Å². The first-order valence-corrected chi connectivity index (χ1v) is 8.13. The van der Waals surface area contributed by atoms with Crippen LogP contribution >= 0.6 is 0 Å². The maximum atomic E-state index is 6.17. The van der Waals surface area contributed by atoms with E-state index >= 15 is 0 Å². The molecule has 0 aromatic carbocycles. The molecule has 1 aromatic rings. The van der Waals surface area contributed by atoms with Gasteiger partial charge < -0.3 is 5.73 Å². The van der Waals surface area contributed by atoms with Crippen LogP contribution in [0.25, 0.3) is 0 Å². The maximum Gasteiger partial charge on any atom is 0.0597 e. The van der Waals surface area contributed by atoms with Crippen LogP contribution in [0.3, 0.4) is 0 Å². The first-order chi connectivity index (χ1) is 9.65. The van der Waals surface area contributed by atoms with Crippen LogP contribution in [0.4, 0.5) is 0 Å². The molecule has 2 rings (SSSR count). The summed E-state index contributed by atoms with van der Waals surface area (Å²) >= 11 is 0. The molecule has 1 aliphatic carbocycles. The predicted molar refractivity (Wildman–Crippen MR) is 83.6 cm³/mol. The van der Waals surface area contributed by atoms with Crippen molar-refractivity contribution >= 4 is 0 Å². The van der Waals surface area contributed by atoms with Crippen molar-refractivity contribution in [1.82, 2.24) is 14.7 Å². The molecular weight excluding hydrogens is 248 g/mol. The van der Waals surface area contributed by atoms with Gasteiger partial charge in [-0.2, -0.15) is 5.10 Å². The van der Waals surface area contributed by atoms with Gasteiger partial charge in [-0.05, 0) is 45.7 Å². The number of hydrogen-bond donors (Lipinski definition) is 1. The molecule has 114 valence electrons. The Morgan fingerprint density at radius 1 is 1.35 bits per heavy atom. The smallest absolute Gasteiger partial charge is 0.0597 e. The number of nitrogens with zero attached hydrogens (tertiary/aromatic N) is 3. The Hall–Kier alpha value is -0.870. The van der Waals surface area contributed by atoms with Gasteiger partial charge in [0.1, 0.15) is 0 Å². The van der Waals surface area contributed by atoms with E-state index < -0.39 is 0 Å². The van der Waals surface area contributed by atoms with Crippen LogP contribution < -0.4 is 5.73 Å². The lowest BCUT2D eigenvalue weighted by molar-refractivity contribution is 0.0873. The van der Waals surface area contributed by atoms with Crippen molar-refractivity contribution in [1.29, 1.82) is 0 Å². The van der Waals surface area contributed by atoms with Gasteiger partial charge in [0.15, 0.2) is 0 Å². The predicted octanol–water partition coefficient (Wildman–Crippen LogP) is 2.69. The van der Waals surface area contributed by atoms with Crippen LogP contribution in [0, 0.1) is 6.92 Å². The molecule has 20 heavy (non-hydrogen) atoms. The number of aryl methyl sites for hydroxylation is 2. The fourth-order valence-corrected chi connectivity index (χ4v) is 3.63. The Morgan fingerprint density at radius 2 is 2.05 bits per heavy atom. The summed E-state index contributed by atoms with van der Waals surface area (Å²) in [6.45, 7) is 10.3. The molecule has 0 saturated heterocycles. The quantitative estimate of drug-likeness (QED) is 0.834. The first kappa shape index (κ1) is 15.5. The van der Waals surface area contributed by atoms with Gasteiger partial charge in [-0.15, -0.1) is 0 Å². The zero-order valence-electron chi connectivity index (χ0n) is 13.4. The van der Waals surface area contributed by atoms with Crippen molar-refractivity contribution in [3.8, 4) is 0 Å². The molecule has 0 amide bonds. The zero-order valence-corrected chi connectivity index (χ0v) is 13.4. The van der Waals surface area contributed by atoms with Crippen molar-refractivity contribution in [2.75, 3.05) is 13.1 Å². The Balaban J connectivity index is 2.20. The molecule has 1 aromatic heterocycles. The van der Waals surface area contributed by atoms with E-state index in [1.165, 1.54) is 37.8 Å². The minimum Gasteiger partial charge on any atom is -0.329 e. The average molecular weight is 278 g/mol. The van der Waals surface area contributed by atoms with E-state index in [-0.39, 0.29) is 5.54 Å². The molecule has 1 fully saturated rings. The summed E-state index contributed by atoms with van der Waals surface area (Å²) in [5.74, 6) is 0. The molecule has 0 aliphatic heterocycles. The van der Waals surface area contributed by atoms with Crippen LogP contribution in [0.15, 0.2) is 6.07 Å². The highest BCUT2D eigenvalue weighted by Crippen LogP contribution is 2.35. The molecule has 0 unspecified atom stereocenters. The van der Waals surface area contributed by atoms with E-state index in [0.717, 1.165) is 31.9 Å². The number of hydrogen-bond acceptors (Lipinski definition) is 3. The number of nitrogens with two attached hydrogens (primary N) is 1. The third-order valence-electron chi connectivity index (χ3n) is 4.72. The Bertz CT molecular complexity index is 418. The summed E-state index contributed by atoms with van der Waals surface area (Å²) in [5.41, 5.74) is 8.84. The van der Waals surface area contributed by atoms with Crippen LogP contribution in [-0.2, 0) is 13.1 Å². The van der Waals surface area contributed by atoms with Crippen LogP contribution in [0.1, 0.15) is 57.3 Å². The fourth-order valence-electron chi connectivity index (χ4n) is 3.63. The van der Waals surface area contributed by atoms with E-state index in [0.29, 0.717) is 0 Å². The molecule has 4 nitrogen and oxygen atoms in total. The third-order valence-corrected chi connectivity index (χ3v) is 4.72. The molecule has 2 N–H and O–H groups in total. The minimum atomic E-state index is 0.229. The van der Waals surface area contributed by atoms with Crippen molar-refractivity contribution in [3.63, 3.8) is 0 Å². The highest BCUT2D eigenvalue weighted by Gasteiger charge is 2.38. The Kier molecular flexibility index (Phi) is 5.22. The van der Waals surface area contributed by atoms with Crippen LogP contribution in [0.5, 0.6) is 0 Å². The molecule has 0 spiro atoms. The second-order valence-corrected chi connectivity index (χ2v) is 6.15. The molecular formula is C16H30N4. The average Bonchev–Trinajstić information content (AvgIpc) is 3.05. The van der Waals surface area contributed by atoms with E-state index in [4.69, 9.17) is 5.73 Å². The lowest BCUT2D eigenvalue weighted by Gasteiger charge is -2.40. The summed E-state index contributed by atoms with van der Waals surface area (Å²) < 4.78 is 2.14. The summed E-state index contributed by atoms with van der Waals surface area (Å²) in [6.07, 6.45) is 6.33. The van der Waals surface area contributed by atoms with Gasteiger partial charge in [0.25, 0.3) is 0 Å². The van der Waals surface area contributed by atoms with Gasteiger partial charge in [0.05, 0.1) is 11.4 Å². The zero-order chi connectivity index (χ0) is 14.6. The molecule has 0 bridgehead atoms. The topological polar surface area (TPSA) is 47.1 Å². The second-order valence-electron chi connectivity index (χ2n) is 6.15. The summed E-state index contributed by atoms with van der Waals surface area (Å²) in [4.78, 5) is 2.63. The Labute approximate surface area is 123 Å². The van der Waals surface area contributed by atoms with Gasteiger partial charge in [-0.25, -0.2) is 0 Å². The SMILES string of the molecule is CCCN(Cc1cc(C)nn1CC)C1(CN)CCCC1. The lowest BCUT2D eigenvalue weighted by atomic mass is 9.94. The van der Waals surface area contributed by atoms with E-state index in [1.807, 2.05) is 0 Å². The molecule has 1 saturated carbocycles. The third kappa shape index (κ3) is 3.07. The Morgan fingerprint density at radius 3 is 2.60 bits per heavy atom. The van der Waals surface area contributed by atoms with Crippen LogP contribution in [-0.4, -0.2) is 33.3 Å². The molecule has 0 radical (unpaired) electrons. The highest BCUT2D eigenvalue weighted by atomic mass is 15.3. The van der Waals surface area contributed by atoms with Crippen molar-refractivity contribution in [2.24, 2.45) is 5.73 Å². The fraction of sp³-hybridized carbons (Fsp3) is 0.812. The first-order valence-electron chi connectivity index (χ1n) is 8.13. The number of aromatic nitrogens is 2. The van der Waals surface area contributed by atoms with Gasteiger partial charge in [0, 0.05) is 25.2 Å². The van der Waals surface area contributed by atoms with Crippen molar-refractivity contribution in [3.05, 3.63) is 17.5 Å². The molecule has 0 atom stereocenters.